The Kier molecular flexibility index (Phi) is 6.49. The van der Waals surface area contributed by atoms with Crippen LogP contribution in [-0.4, -0.2) is 61.1 Å². The van der Waals surface area contributed by atoms with Crippen molar-refractivity contribution < 1.29 is 9.53 Å². The second kappa shape index (κ2) is 8.14. The summed E-state index contributed by atoms with van der Waals surface area (Å²) >= 11 is 0. The van der Waals surface area contributed by atoms with Crippen molar-refractivity contribution in [3.8, 4) is 0 Å². The van der Waals surface area contributed by atoms with Crippen LogP contribution in [0.2, 0.25) is 0 Å². The van der Waals surface area contributed by atoms with Crippen molar-refractivity contribution in [3.63, 3.8) is 0 Å². The number of likely N-dealkylation sites (tertiary alicyclic amines) is 2. The first-order valence-electron chi connectivity index (χ1n) is 8.75. The summed E-state index contributed by atoms with van der Waals surface area (Å²) in [7, 11) is 1.82. The van der Waals surface area contributed by atoms with Gasteiger partial charge < -0.3 is 14.5 Å². The van der Waals surface area contributed by atoms with Crippen molar-refractivity contribution in [2.45, 2.75) is 64.5 Å². The van der Waals surface area contributed by atoms with Gasteiger partial charge in [0.1, 0.15) is 0 Å². The van der Waals surface area contributed by atoms with Crippen molar-refractivity contribution in [1.29, 1.82) is 0 Å². The van der Waals surface area contributed by atoms with Crippen molar-refractivity contribution in [2.24, 2.45) is 5.92 Å². The molecule has 2 saturated heterocycles. The first-order chi connectivity index (χ1) is 10.2. The molecule has 122 valence electrons. The predicted molar refractivity (Wildman–Crippen MR) is 85.3 cm³/mol. The predicted octanol–water partition coefficient (Wildman–Crippen LogP) is 2.52. The molecule has 1 amide bonds. The highest BCUT2D eigenvalue weighted by atomic mass is 16.5. The fourth-order valence-corrected chi connectivity index (χ4v) is 3.82. The van der Waals surface area contributed by atoms with E-state index in [0.29, 0.717) is 18.1 Å². The van der Waals surface area contributed by atoms with Crippen LogP contribution in [0.1, 0.15) is 52.4 Å². The van der Waals surface area contributed by atoms with Gasteiger partial charge in [0.25, 0.3) is 0 Å². The number of nitrogens with zero attached hydrogens (tertiary/aromatic N) is 2. The molecule has 0 aromatic carbocycles. The fraction of sp³-hybridized carbons (Fsp3) is 0.941. The SMILES string of the molecule is CCC(CC)C(=O)N1CCC(N2CCC(OC)CC2)CC1. The molecular formula is C17H32N2O2. The normalized spacial score (nSPS) is 23.0. The highest BCUT2D eigenvalue weighted by Crippen LogP contribution is 2.23. The van der Waals surface area contributed by atoms with Crippen LogP contribution >= 0.6 is 0 Å². The lowest BCUT2D eigenvalue weighted by atomic mass is 9.96. The van der Waals surface area contributed by atoms with Gasteiger partial charge >= 0.3 is 0 Å². The number of hydrogen-bond donors (Lipinski definition) is 0. The molecule has 0 saturated carbocycles. The fourth-order valence-electron chi connectivity index (χ4n) is 3.82. The Balaban J connectivity index is 1.77. The van der Waals surface area contributed by atoms with Gasteiger partial charge in [-0.3, -0.25) is 4.79 Å². The zero-order valence-electron chi connectivity index (χ0n) is 14.0. The van der Waals surface area contributed by atoms with E-state index in [1.165, 1.54) is 0 Å². The molecule has 21 heavy (non-hydrogen) atoms. The maximum absolute atomic E-state index is 12.4. The lowest BCUT2D eigenvalue weighted by molar-refractivity contribution is -0.137. The summed E-state index contributed by atoms with van der Waals surface area (Å²) in [6.45, 7) is 8.46. The smallest absolute Gasteiger partial charge is 0.225 e. The third-order valence-corrected chi connectivity index (χ3v) is 5.44. The Morgan fingerprint density at radius 3 is 2.10 bits per heavy atom. The van der Waals surface area contributed by atoms with E-state index >= 15 is 0 Å². The van der Waals surface area contributed by atoms with Gasteiger partial charge in [0.2, 0.25) is 5.91 Å². The Morgan fingerprint density at radius 2 is 1.62 bits per heavy atom. The second-order valence-corrected chi connectivity index (χ2v) is 6.54. The van der Waals surface area contributed by atoms with Crippen molar-refractivity contribution >= 4 is 5.91 Å². The zero-order valence-corrected chi connectivity index (χ0v) is 14.0. The van der Waals surface area contributed by atoms with Gasteiger partial charge in [0.05, 0.1) is 6.10 Å². The van der Waals surface area contributed by atoms with E-state index in [1.54, 1.807) is 0 Å². The Hall–Kier alpha value is -0.610. The minimum Gasteiger partial charge on any atom is -0.381 e. The molecule has 0 aliphatic carbocycles. The molecule has 0 aromatic rings. The molecule has 0 radical (unpaired) electrons. The molecule has 0 N–H and O–H groups in total. The number of rotatable bonds is 5. The van der Waals surface area contributed by atoms with Crippen molar-refractivity contribution in [2.75, 3.05) is 33.3 Å². The summed E-state index contributed by atoms with van der Waals surface area (Å²) < 4.78 is 5.45. The van der Waals surface area contributed by atoms with Gasteiger partial charge in [0.15, 0.2) is 0 Å². The maximum Gasteiger partial charge on any atom is 0.225 e. The summed E-state index contributed by atoms with van der Waals surface area (Å²) in [4.78, 5) is 17.1. The molecule has 0 atom stereocenters. The molecule has 4 heteroatoms. The topological polar surface area (TPSA) is 32.8 Å². The molecule has 2 heterocycles. The molecule has 2 rings (SSSR count). The van der Waals surface area contributed by atoms with E-state index in [1.807, 2.05) is 7.11 Å². The number of carbonyl (C=O) groups is 1. The molecule has 0 unspecified atom stereocenters. The molecule has 2 aliphatic heterocycles. The van der Waals surface area contributed by atoms with E-state index in [0.717, 1.165) is 64.7 Å². The van der Waals surface area contributed by atoms with Crippen LogP contribution in [0.3, 0.4) is 0 Å². The third kappa shape index (κ3) is 4.19. The maximum atomic E-state index is 12.4. The van der Waals surface area contributed by atoms with Gasteiger partial charge in [-0.15, -0.1) is 0 Å². The molecule has 0 bridgehead atoms. The molecule has 0 spiro atoms. The first-order valence-corrected chi connectivity index (χ1v) is 8.75. The Morgan fingerprint density at radius 1 is 1.05 bits per heavy atom. The largest absolute Gasteiger partial charge is 0.381 e. The molecule has 2 fully saturated rings. The van der Waals surface area contributed by atoms with Gasteiger partial charge in [0, 0.05) is 45.2 Å². The van der Waals surface area contributed by atoms with Crippen LogP contribution in [0.25, 0.3) is 0 Å². The number of hydrogen-bond acceptors (Lipinski definition) is 3. The second-order valence-electron chi connectivity index (χ2n) is 6.54. The van der Waals surface area contributed by atoms with Crippen LogP contribution in [-0.2, 0) is 9.53 Å². The quantitative estimate of drug-likeness (QED) is 0.781. The van der Waals surface area contributed by atoms with Crippen LogP contribution in [0.15, 0.2) is 0 Å². The van der Waals surface area contributed by atoms with E-state index < -0.39 is 0 Å². The summed E-state index contributed by atoms with van der Waals surface area (Å²) in [6, 6.07) is 0.675. The van der Waals surface area contributed by atoms with Gasteiger partial charge in [-0.25, -0.2) is 0 Å². The zero-order chi connectivity index (χ0) is 15.2. The number of amides is 1. The highest BCUT2D eigenvalue weighted by Gasteiger charge is 2.30. The monoisotopic (exact) mass is 296 g/mol. The summed E-state index contributed by atoms with van der Waals surface area (Å²) in [6.07, 6.45) is 7.00. The number of piperidine rings is 2. The van der Waals surface area contributed by atoms with E-state index in [-0.39, 0.29) is 5.92 Å². The first kappa shape index (κ1) is 16.8. The average molecular weight is 296 g/mol. The van der Waals surface area contributed by atoms with E-state index in [2.05, 4.69) is 23.6 Å². The highest BCUT2D eigenvalue weighted by molar-refractivity contribution is 5.78. The van der Waals surface area contributed by atoms with Crippen molar-refractivity contribution in [1.82, 2.24) is 9.80 Å². The summed E-state index contributed by atoms with van der Waals surface area (Å²) in [5.74, 6) is 0.621. The minimum atomic E-state index is 0.235. The van der Waals surface area contributed by atoms with E-state index in [9.17, 15) is 4.79 Å². The summed E-state index contributed by atoms with van der Waals surface area (Å²) in [5.41, 5.74) is 0. The number of carbonyl (C=O) groups excluding carboxylic acids is 1. The van der Waals surface area contributed by atoms with Gasteiger partial charge in [-0.05, 0) is 38.5 Å². The van der Waals surface area contributed by atoms with Crippen LogP contribution in [0.4, 0.5) is 0 Å². The van der Waals surface area contributed by atoms with Crippen LogP contribution in [0, 0.1) is 5.92 Å². The van der Waals surface area contributed by atoms with Crippen molar-refractivity contribution in [3.05, 3.63) is 0 Å². The Labute approximate surface area is 129 Å². The van der Waals surface area contributed by atoms with E-state index in [4.69, 9.17) is 4.74 Å². The third-order valence-electron chi connectivity index (χ3n) is 5.44. The summed E-state index contributed by atoms with van der Waals surface area (Å²) in [5, 5.41) is 0. The Bertz CT molecular complexity index is 315. The van der Waals surface area contributed by atoms with Gasteiger partial charge in [-0.1, -0.05) is 13.8 Å². The lowest BCUT2D eigenvalue weighted by Crippen LogP contribution is -2.50. The standard InChI is InChI=1S/C17H32N2O2/c1-4-14(5-2)17(20)19-10-6-15(7-11-19)18-12-8-16(21-3)9-13-18/h14-16H,4-13H2,1-3H3. The number of methoxy groups -OCH3 is 1. The number of ether oxygens (including phenoxy) is 1. The lowest BCUT2D eigenvalue weighted by Gasteiger charge is -2.42. The molecule has 2 aliphatic rings. The van der Waals surface area contributed by atoms with Crippen LogP contribution in [0.5, 0.6) is 0 Å². The minimum absolute atomic E-state index is 0.235. The van der Waals surface area contributed by atoms with Gasteiger partial charge in [-0.2, -0.15) is 0 Å². The average Bonchev–Trinajstić information content (AvgIpc) is 2.56. The molecule has 0 aromatic heterocycles. The molecule has 4 nitrogen and oxygen atoms in total. The van der Waals surface area contributed by atoms with Crippen LogP contribution < -0.4 is 0 Å². The molecular weight excluding hydrogens is 264 g/mol.